The number of rotatable bonds is 10. The summed E-state index contributed by atoms with van der Waals surface area (Å²) in [6.07, 6.45) is 0.888. The molecule has 4 rings (SSSR count). The third-order valence-corrected chi connectivity index (χ3v) is 7.12. The average molecular weight is 592 g/mol. The van der Waals surface area contributed by atoms with Crippen molar-refractivity contribution in [2.75, 3.05) is 37.9 Å². The molecule has 202 valence electrons. The lowest BCUT2D eigenvalue weighted by Gasteiger charge is -2.19. The number of fused-ring (bicyclic) bond motifs is 1. The van der Waals surface area contributed by atoms with E-state index in [0.717, 1.165) is 32.5 Å². The Labute approximate surface area is 236 Å². The van der Waals surface area contributed by atoms with Crippen LogP contribution in [0.15, 0.2) is 76.2 Å². The number of amides is 2. The van der Waals surface area contributed by atoms with Crippen LogP contribution in [-0.2, 0) is 20.8 Å². The van der Waals surface area contributed by atoms with Gasteiger partial charge in [0.05, 0.1) is 11.4 Å². The number of benzene rings is 3. The van der Waals surface area contributed by atoms with E-state index in [2.05, 4.69) is 21.2 Å². The average Bonchev–Trinajstić information content (AvgIpc) is 3.23. The molecule has 1 heterocycles. The third kappa shape index (κ3) is 6.99. The lowest BCUT2D eigenvalue weighted by atomic mass is 9.90. The summed E-state index contributed by atoms with van der Waals surface area (Å²) < 4.78 is 0.864. The molecule has 2 N–H and O–H groups in total. The van der Waals surface area contributed by atoms with Gasteiger partial charge in [0.2, 0.25) is 11.8 Å². The smallest absolute Gasteiger partial charge is 0.303 e. The van der Waals surface area contributed by atoms with Crippen LogP contribution in [0.5, 0.6) is 0 Å². The maximum Gasteiger partial charge on any atom is 0.303 e. The number of carboxylic acids is 1. The van der Waals surface area contributed by atoms with Gasteiger partial charge in [-0.2, -0.15) is 0 Å². The van der Waals surface area contributed by atoms with E-state index in [9.17, 15) is 14.4 Å². The number of anilines is 2. The van der Waals surface area contributed by atoms with Crippen LogP contribution in [0.4, 0.5) is 17.1 Å². The summed E-state index contributed by atoms with van der Waals surface area (Å²) in [5, 5.41) is 12.0. The van der Waals surface area contributed by atoms with Crippen LogP contribution in [0, 0.1) is 0 Å². The van der Waals surface area contributed by atoms with Crippen molar-refractivity contribution in [3.8, 4) is 0 Å². The molecule has 3 aromatic carbocycles. The van der Waals surface area contributed by atoms with Gasteiger partial charge >= 0.3 is 5.97 Å². The first-order chi connectivity index (χ1) is 18.6. The number of nitrogens with one attached hydrogen (secondary N) is 1. The van der Waals surface area contributed by atoms with E-state index in [4.69, 9.17) is 10.1 Å². The van der Waals surface area contributed by atoms with Crippen molar-refractivity contribution in [2.24, 2.45) is 4.99 Å². The van der Waals surface area contributed by atoms with E-state index in [-0.39, 0.29) is 18.2 Å². The van der Waals surface area contributed by atoms with Crippen LogP contribution < -0.4 is 10.2 Å². The summed E-state index contributed by atoms with van der Waals surface area (Å²) >= 11 is 3.46. The molecule has 0 fully saturated rings. The number of hydrogen-bond donors (Lipinski definition) is 2. The molecule has 1 unspecified atom stereocenters. The molecular formula is C30H31BrN4O4. The second-order valence-electron chi connectivity index (χ2n) is 9.76. The molecular weight excluding hydrogens is 560 g/mol. The standard InChI is InChI=1S/C30H31BrN4O4/c1-34(2)17-16-26(36)35(3)23-12-10-22(11-13-23)32-29(20-7-4-19(5-8-20)6-15-27(37)38)28-24-14-9-21(31)18-25(24)33-30(28)39/h4-5,7-14,18,28H,6,15-17H2,1-3H3,(H,33,39)(H,37,38). The quantitative estimate of drug-likeness (QED) is 0.314. The lowest BCUT2D eigenvalue weighted by Crippen LogP contribution is -2.29. The highest BCUT2D eigenvalue weighted by molar-refractivity contribution is 9.10. The minimum atomic E-state index is -0.847. The molecule has 0 saturated heterocycles. The van der Waals surface area contributed by atoms with Crippen molar-refractivity contribution in [3.05, 3.63) is 87.9 Å². The summed E-state index contributed by atoms with van der Waals surface area (Å²) in [6, 6.07) is 20.6. The van der Waals surface area contributed by atoms with Gasteiger partial charge in [-0.3, -0.25) is 19.4 Å². The zero-order valence-corrected chi connectivity index (χ0v) is 23.7. The number of carbonyl (C=O) groups is 3. The number of carbonyl (C=O) groups excluding carboxylic acids is 2. The molecule has 3 aromatic rings. The molecule has 1 aliphatic rings. The zero-order valence-electron chi connectivity index (χ0n) is 22.1. The highest BCUT2D eigenvalue weighted by Crippen LogP contribution is 2.38. The SMILES string of the molecule is CN(C)CCC(=O)N(C)c1ccc(N=C(c2ccc(CCC(=O)O)cc2)C2C(=O)Nc3cc(Br)ccc32)cc1. The highest BCUT2D eigenvalue weighted by atomic mass is 79.9. The second kappa shape index (κ2) is 12.4. The van der Waals surface area contributed by atoms with E-state index < -0.39 is 11.9 Å². The molecule has 0 bridgehead atoms. The van der Waals surface area contributed by atoms with Crippen LogP contribution >= 0.6 is 15.9 Å². The Morgan fingerprint density at radius 3 is 2.31 bits per heavy atom. The van der Waals surface area contributed by atoms with E-state index in [0.29, 0.717) is 30.8 Å². The molecule has 1 atom stereocenters. The Hall–Kier alpha value is -3.82. The lowest BCUT2D eigenvalue weighted by molar-refractivity contribution is -0.137. The number of aliphatic carboxylic acids is 1. The Morgan fingerprint density at radius 2 is 1.67 bits per heavy atom. The molecule has 8 nitrogen and oxygen atoms in total. The topological polar surface area (TPSA) is 102 Å². The fourth-order valence-corrected chi connectivity index (χ4v) is 4.78. The first-order valence-corrected chi connectivity index (χ1v) is 13.4. The molecule has 0 spiro atoms. The van der Waals surface area contributed by atoms with Gasteiger partial charge in [-0.1, -0.05) is 46.3 Å². The van der Waals surface area contributed by atoms with Crippen LogP contribution in [0.2, 0.25) is 0 Å². The Morgan fingerprint density at radius 1 is 0.974 bits per heavy atom. The summed E-state index contributed by atoms with van der Waals surface area (Å²) in [6.45, 7) is 0.672. The second-order valence-corrected chi connectivity index (χ2v) is 10.7. The van der Waals surface area contributed by atoms with Crippen molar-refractivity contribution in [3.63, 3.8) is 0 Å². The number of aryl methyl sites for hydroxylation is 1. The van der Waals surface area contributed by atoms with Crippen molar-refractivity contribution in [1.29, 1.82) is 0 Å². The maximum absolute atomic E-state index is 13.2. The monoisotopic (exact) mass is 590 g/mol. The molecule has 1 aliphatic heterocycles. The van der Waals surface area contributed by atoms with Crippen molar-refractivity contribution in [1.82, 2.24) is 4.90 Å². The molecule has 39 heavy (non-hydrogen) atoms. The first-order valence-electron chi connectivity index (χ1n) is 12.6. The predicted molar refractivity (Wildman–Crippen MR) is 157 cm³/mol. The normalized spacial score (nSPS) is 14.7. The molecule has 0 aliphatic carbocycles. The number of aliphatic imine (C=N–C) groups is 1. The fourth-order valence-electron chi connectivity index (χ4n) is 4.42. The summed E-state index contributed by atoms with van der Waals surface area (Å²) in [4.78, 5) is 45.3. The molecule has 0 radical (unpaired) electrons. The zero-order chi connectivity index (χ0) is 28.1. The summed E-state index contributed by atoms with van der Waals surface area (Å²) in [5.74, 6) is -1.61. The minimum absolute atomic E-state index is 0.0222. The van der Waals surface area contributed by atoms with Crippen LogP contribution in [0.3, 0.4) is 0 Å². The van der Waals surface area contributed by atoms with Gasteiger partial charge in [-0.15, -0.1) is 0 Å². The largest absolute Gasteiger partial charge is 0.481 e. The predicted octanol–water partition coefficient (Wildman–Crippen LogP) is 5.24. The molecule has 9 heteroatoms. The van der Waals surface area contributed by atoms with E-state index >= 15 is 0 Å². The first kappa shape index (κ1) is 28.2. The summed E-state index contributed by atoms with van der Waals surface area (Å²) in [5.41, 5.74) is 5.23. The van der Waals surface area contributed by atoms with Crippen molar-refractivity contribution >= 4 is 56.5 Å². The van der Waals surface area contributed by atoms with Gasteiger partial charge in [0.25, 0.3) is 0 Å². The van der Waals surface area contributed by atoms with Gasteiger partial charge in [0, 0.05) is 42.3 Å². The number of halogens is 1. The maximum atomic E-state index is 13.2. The summed E-state index contributed by atoms with van der Waals surface area (Å²) in [7, 11) is 5.62. The fraction of sp³-hybridized carbons (Fsp3) is 0.267. The van der Waals surface area contributed by atoms with Gasteiger partial charge in [0.1, 0.15) is 5.92 Å². The van der Waals surface area contributed by atoms with Gasteiger partial charge in [-0.25, -0.2) is 0 Å². The minimum Gasteiger partial charge on any atom is -0.481 e. The number of nitrogens with zero attached hydrogens (tertiary/aromatic N) is 3. The van der Waals surface area contributed by atoms with Gasteiger partial charge in [-0.05, 0) is 73.6 Å². The Bertz CT molecular complexity index is 1400. The number of hydrogen-bond acceptors (Lipinski definition) is 5. The highest BCUT2D eigenvalue weighted by Gasteiger charge is 2.35. The van der Waals surface area contributed by atoms with Crippen LogP contribution in [0.1, 0.15) is 35.4 Å². The molecule has 2 amide bonds. The van der Waals surface area contributed by atoms with Crippen molar-refractivity contribution < 1.29 is 19.5 Å². The van der Waals surface area contributed by atoms with Crippen LogP contribution in [0.25, 0.3) is 0 Å². The van der Waals surface area contributed by atoms with Crippen LogP contribution in [-0.4, -0.2) is 61.2 Å². The number of carboxylic acid groups (broad SMARTS) is 1. The van der Waals surface area contributed by atoms with Gasteiger partial charge < -0.3 is 20.2 Å². The molecule has 0 aromatic heterocycles. The molecule has 0 saturated carbocycles. The van der Waals surface area contributed by atoms with Gasteiger partial charge in [0.15, 0.2) is 0 Å². The third-order valence-electron chi connectivity index (χ3n) is 6.63. The van der Waals surface area contributed by atoms with E-state index in [1.807, 2.05) is 85.7 Å². The van der Waals surface area contributed by atoms with E-state index in [1.165, 1.54) is 0 Å². The Balaban J connectivity index is 1.67. The Kier molecular flexibility index (Phi) is 8.93. The van der Waals surface area contributed by atoms with E-state index in [1.54, 1.807) is 11.9 Å². The van der Waals surface area contributed by atoms with Crippen molar-refractivity contribution in [2.45, 2.75) is 25.2 Å².